The van der Waals surface area contributed by atoms with E-state index in [2.05, 4.69) is 10.2 Å². The van der Waals surface area contributed by atoms with Gasteiger partial charge in [-0.15, -0.1) is 0 Å². The Hall–Kier alpha value is -1.92. The number of benzene rings is 1. The molecule has 1 fully saturated rings. The van der Waals surface area contributed by atoms with Gasteiger partial charge < -0.3 is 4.90 Å². The van der Waals surface area contributed by atoms with Crippen LogP contribution in [0.15, 0.2) is 30.7 Å². The lowest BCUT2D eigenvalue weighted by Gasteiger charge is -2.33. The van der Waals surface area contributed by atoms with Crippen LogP contribution in [0.25, 0.3) is 16.6 Å². The van der Waals surface area contributed by atoms with Crippen LogP contribution in [0.2, 0.25) is 5.02 Å². The van der Waals surface area contributed by atoms with Crippen molar-refractivity contribution in [1.29, 1.82) is 0 Å². The zero-order valence-electron chi connectivity index (χ0n) is 13.7. The monoisotopic (exact) mass is 347 g/mol. The van der Waals surface area contributed by atoms with Crippen LogP contribution in [0.5, 0.6) is 0 Å². The third-order valence-electron chi connectivity index (χ3n) is 4.77. The van der Waals surface area contributed by atoms with Gasteiger partial charge in [-0.3, -0.25) is 4.68 Å². The summed E-state index contributed by atoms with van der Waals surface area (Å²) in [6.07, 6.45) is 5.29. The standard InChI is InChI=1S/C17H19ClFN5/c1-22-4-3-13(16(19)10-22)14-6-17-11(5-15(14)18)7-21-24(17)12-8-20-23(2)9-12/h5-9,13,16H,3-4,10H2,1-2H3/t13-,16+/m0/s1. The van der Waals surface area contributed by atoms with Crippen molar-refractivity contribution in [3.63, 3.8) is 0 Å². The number of aromatic nitrogens is 4. The smallest absolute Gasteiger partial charge is 0.120 e. The summed E-state index contributed by atoms with van der Waals surface area (Å²) < 4.78 is 18.1. The Bertz CT molecular complexity index is 886. The first-order chi connectivity index (χ1) is 11.5. The van der Waals surface area contributed by atoms with Gasteiger partial charge in [0.2, 0.25) is 0 Å². The molecular formula is C17H19ClFN5. The molecular weight excluding hydrogens is 329 g/mol. The first-order valence-corrected chi connectivity index (χ1v) is 8.39. The van der Waals surface area contributed by atoms with E-state index in [9.17, 15) is 4.39 Å². The van der Waals surface area contributed by atoms with Gasteiger partial charge in [0.25, 0.3) is 0 Å². The van der Waals surface area contributed by atoms with Gasteiger partial charge in [-0.05, 0) is 37.7 Å². The Balaban J connectivity index is 1.80. The second-order valence-corrected chi connectivity index (χ2v) is 6.94. The number of fused-ring (bicyclic) bond motifs is 1. The van der Waals surface area contributed by atoms with E-state index in [1.807, 2.05) is 42.0 Å². The number of alkyl halides is 1. The minimum absolute atomic E-state index is 0.171. The van der Waals surface area contributed by atoms with Crippen LogP contribution in [0.3, 0.4) is 0 Å². The molecule has 0 spiro atoms. The quantitative estimate of drug-likeness (QED) is 0.714. The van der Waals surface area contributed by atoms with Crippen molar-refractivity contribution in [2.75, 3.05) is 20.1 Å². The number of hydrogen-bond donors (Lipinski definition) is 0. The van der Waals surface area contributed by atoms with Crippen molar-refractivity contribution < 1.29 is 4.39 Å². The van der Waals surface area contributed by atoms with Gasteiger partial charge in [0, 0.05) is 29.9 Å². The second-order valence-electron chi connectivity index (χ2n) is 6.53. The highest BCUT2D eigenvalue weighted by Crippen LogP contribution is 2.37. The topological polar surface area (TPSA) is 38.9 Å². The number of likely N-dealkylation sites (tertiary alicyclic amines) is 1. The summed E-state index contributed by atoms with van der Waals surface area (Å²) in [7, 11) is 3.81. The van der Waals surface area contributed by atoms with E-state index in [1.54, 1.807) is 17.1 Å². The summed E-state index contributed by atoms with van der Waals surface area (Å²) in [5.74, 6) is -0.171. The van der Waals surface area contributed by atoms with Gasteiger partial charge in [-0.2, -0.15) is 10.2 Å². The van der Waals surface area contributed by atoms with Crippen LogP contribution in [-0.2, 0) is 7.05 Å². The molecule has 2 aromatic heterocycles. The molecule has 1 saturated heterocycles. The van der Waals surface area contributed by atoms with Gasteiger partial charge in [-0.1, -0.05) is 11.6 Å². The zero-order valence-corrected chi connectivity index (χ0v) is 14.4. The predicted octanol–water partition coefficient (Wildman–Crippen LogP) is 3.17. The Kier molecular flexibility index (Phi) is 3.81. The molecule has 0 amide bonds. The van der Waals surface area contributed by atoms with E-state index in [-0.39, 0.29) is 5.92 Å². The Morgan fingerprint density at radius 1 is 1.21 bits per heavy atom. The lowest BCUT2D eigenvalue weighted by molar-refractivity contribution is 0.139. The van der Waals surface area contributed by atoms with Gasteiger partial charge >= 0.3 is 0 Å². The van der Waals surface area contributed by atoms with E-state index in [1.165, 1.54) is 0 Å². The molecule has 3 heterocycles. The van der Waals surface area contributed by atoms with Crippen molar-refractivity contribution >= 4 is 22.5 Å². The first kappa shape index (κ1) is 15.6. The molecule has 1 aromatic carbocycles. The minimum Gasteiger partial charge on any atom is -0.303 e. The SMILES string of the molecule is CN1CC[C@@H](c2cc3c(cnn3-c3cnn(C)c3)cc2Cl)[C@H](F)C1. The number of hydrogen-bond acceptors (Lipinski definition) is 3. The zero-order chi connectivity index (χ0) is 16.8. The molecule has 5 nitrogen and oxygen atoms in total. The summed E-state index contributed by atoms with van der Waals surface area (Å²) in [5.41, 5.74) is 2.67. The van der Waals surface area contributed by atoms with Gasteiger partial charge in [0.1, 0.15) is 11.9 Å². The van der Waals surface area contributed by atoms with Crippen molar-refractivity contribution in [2.24, 2.45) is 7.05 Å². The third-order valence-corrected chi connectivity index (χ3v) is 5.09. The van der Waals surface area contributed by atoms with E-state index in [0.717, 1.165) is 35.1 Å². The highest BCUT2D eigenvalue weighted by molar-refractivity contribution is 6.32. The molecule has 0 unspecified atom stereocenters. The molecule has 0 saturated carbocycles. The van der Waals surface area contributed by atoms with Crippen molar-refractivity contribution in [3.8, 4) is 5.69 Å². The van der Waals surface area contributed by atoms with Crippen LogP contribution in [0.1, 0.15) is 17.9 Å². The molecule has 0 aliphatic carbocycles. The molecule has 7 heteroatoms. The second kappa shape index (κ2) is 5.86. The number of piperidine rings is 1. The number of rotatable bonds is 2. The largest absolute Gasteiger partial charge is 0.303 e. The Labute approximate surface area is 144 Å². The summed E-state index contributed by atoms with van der Waals surface area (Å²) in [6, 6.07) is 3.87. The highest BCUT2D eigenvalue weighted by Gasteiger charge is 2.30. The fourth-order valence-corrected chi connectivity index (χ4v) is 3.79. The minimum atomic E-state index is -0.909. The molecule has 3 aromatic rings. The maximum absolute atomic E-state index is 14.6. The number of aryl methyl sites for hydroxylation is 1. The molecule has 0 N–H and O–H groups in total. The van der Waals surface area contributed by atoms with E-state index in [0.29, 0.717) is 11.6 Å². The predicted molar refractivity (Wildman–Crippen MR) is 92.6 cm³/mol. The Morgan fingerprint density at radius 3 is 2.75 bits per heavy atom. The van der Waals surface area contributed by atoms with Crippen LogP contribution < -0.4 is 0 Å². The summed E-state index contributed by atoms with van der Waals surface area (Å²) in [6.45, 7) is 1.32. The van der Waals surface area contributed by atoms with Gasteiger partial charge in [0.05, 0.1) is 24.1 Å². The van der Waals surface area contributed by atoms with Crippen molar-refractivity contribution in [1.82, 2.24) is 24.5 Å². The molecule has 24 heavy (non-hydrogen) atoms. The van der Waals surface area contributed by atoms with Crippen LogP contribution in [-0.4, -0.2) is 50.8 Å². The molecule has 2 atom stereocenters. The maximum atomic E-state index is 14.6. The fraction of sp³-hybridized carbons (Fsp3) is 0.412. The van der Waals surface area contributed by atoms with E-state index in [4.69, 9.17) is 11.6 Å². The third kappa shape index (κ3) is 2.59. The lowest BCUT2D eigenvalue weighted by atomic mass is 9.87. The molecule has 4 rings (SSSR count). The molecule has 0 bridgehead atoms. The van der Waals surface area contributed by atoms with E-state index < -0.39 is 6.17 Å². The number of nitrogens with zero attached hydrogens (tertiary/aromatic N) is 5. The van der Waals surface area contributed by atoms with Gasteiger partial charge in [0.15, 0.2) is 0 Å². The van der Waals surface area contributed by atoms with Crippen molar-refractivity contribution in [3.05, 3.63) is 41.3 Å². The Morgan fingerprint density at radius 2 is 2.04 bits per heavy atom. The molecule has 1 aliphatic heterocycles. The molecule has 1 aliphatic rings. The molecule has 126 valence electrons. The first-order valence-electron chi connectivity index (χ1n) is 8.02. The summed E-state index contributed by atoms with van der Waals surface area (Å²) in [4.78, 5) is 2.02. The molecule has 0 radical (unpaired) electrons. The lowest BCUT2D eigenvalue weighted by Crippen LogP contribution is -2.38. The highest BCUT2D eigenvalue weighted by atomic mass is 35.5. The van der Waals surface area contributed by atoms with E-state index >= 15 is 0 Å². The number of halogens is 2. The van der Waals surface area contributed by atoms with Gasteiger partial charge in [-0.25, -0.2) is 9.07 Å². The summed E-state index contributed by atoms with van der Waals surface area (Å²) in [5, 5.41) is 10.2. The summed E-state index contributed by atoms with van der Waals surface area (Å²) >= 11 is 6.46. The fourth-order valence-electron chi connectivity index (χ4n) is 3.48. The average Bonchev–Trinajstić information content (AvgIpc) is 3.12. The average molecular weight is 348 g/mol. The van der Waals surface area contributed by atoms with Crippen LogP contribution in [0.4, 0.5) is 4.39 Å². The maximum Gasteiger partial charge on any atom is 0.120 e. The van der Waals surface area contributed by atoms with Crippen LogP contribution >= 0.6 is 11.6 Å². The van der Waals surface area contributed by atoms with Crippen molar-refractivity contribution in [2.45, 2.75) is 18.5 Å². The van der Waals surface area contributed by atoms with Crippen LogP contribution in [0, 0.1) is 0 Å². The normalized spacial score (nSPS) is 22.3.